The quantitative estimate of drug-likeness (QED) is 0.628. The molecule has 1 aromatic rings. The highest BCUT2D eigenvalue weighted by Crippen LogP contribution is 2.35. The minimum atomic E-state index is -0.440. The minimum absolute atomic E-state index is 0.277. The van der Waals surface area contributed by atoms with Crippen molar-refractivity contribution in [1.82, 2.24) is 0 Å². The van der Waals surface area contributed by atoms with E-state index in [1.807, 2.05) is 24.3 Å². The van der Waals surface area contributed by atoms with Gasteiger partial charge in [-0.1, -0.05) is 0 Å². The van der Waals surface area contributed by atoms with Crippen LogP contribution in [-0.4, -0.2) is 19.2 Å². The molecule has 1 unspecified atom stereocenters. The highest BCUT2D eigenvalue weighted by Gasteiger charge is 2.38. The van der Waals surface area contributed by atoms with E-state index in [1.54, 1.807) is 0 Å². The molecular weight excluding hydrogens is 319 g/mol. The second-order valence-electron chi connectivity index (χ2n) is 3.85. The molecule has 0 amide bonds. The Bertz CT molecular complexity index is 370. The van der Waals surface area contributed by atoms with Gasteiger partial charge in [0, 0.05) is 9.49 Å². The van der Waals surface area contributed by atoms with Crippen molar-refractivity contribution in [2.45, 2.75) is 18.9 Å². The molecule has 0 bridgehead atoms. The number of esters is 1. The smallest absolute Gasteiger partial charge is 0.347 e. The van der Waals surface area contributed by atoms with Crippen LogP contribution in [0.2, 0.25) is 0 Å². The Balaban J connectivity index is 2.05. The second-order valence-corrected chi connectivity index (χ2v) is 5.10. The van der Waals surface area contributed by atoms with E-state index in [2.05, 4.69) is 22.6 Å². The van der Waals surface area contributed by atoms with Crippen LogP contribution in [0.4, 0.5) is 0 Å². The molecule has 1 fully saturated rings. The number of methoxy groups -OCH3 is 1. The third-order valence-corrected chi connectivity index (χ3v) is 3.28. The lowest BCUT2D eigenvalue weighted by Crippen LogP contribution is -2.30. The van der Waals surface area contributed by atoms with Crippen molar-refractivity contribution >= 4 is 28.6 Å². The highest BCUT2D eigenvalue weighted by atomic mass is 127. The molecule has 16 heavy (non-hydrogen) atoms. The molecule has 1 aromatic carbocycles. The SMILES string of the molecule is COC(=O)C(Oc1ccc(I)cc1)C1CC1. The average Bonchev–Trinajstić information content (AvgIpc) is 3.11. The van der Waals surface area contributed by atoms with Crippen LogP contribution in [0.5, 0.6) is 5.75 Å². The predicted molar refractivity (Wildman–Crippen MR) is 68.3 cm³/mol. The van der Waals surface area contributed by atoms with Gasteiger partial charge in [0.2, 0.25) is 0 Å². The number of carbonyl (C=O) groups is 1. The summed E-state index contributed by atoms with van der Waals surface area (Å²) in [6, 6.07) is 7.66. The first-order valence-electron chi connectivity index (χ1n) is 5.21. The van der Waals surface area contributed by atoms with Gasteiger partial charge in [-0.2, -0.15) is 0 Å². The number of hydrogen-bond donors (Lipinski definition) is 0. The molecule has 0 radical (unpaired) electrons. The van der Waals surface area contributed by atoms with Crippen molar-refractivity contribution in [3.63, 3.8) is 0 Å². The first-order chi connectivity index (χ1) is 7.70. The molecule has 0 spiro atoms. The van der Waals surface area contributed by atoms with E-state index in [-0.39, 0.29) is 5.97 Å². The lowest BCUT2D eigenvalue weighted by molar-refractivity contribution is -0.149. The molecular formula is C12H13IO3. The summed E-state index contributed by atoms with van der Waals surface area (Å²) in [5, 5.41) is 0. The molecule has 0 heterocycles. The van der Waals surface area contributed by atoms with Gasteiger partial charge in [-0.15, -0.1) is 0 Å². The van der Waals surface area contributed by atoms with Crippen LogP contribution in [0.15, 0.2) is 24.3 Å². The molecule has 0 saturated heterocycles. The standard InChI is InChI=1S/C12H13IO3/c1-15-12(14)11(8-2-3-8)16-10-6-4-9(13)5-7-10/h4-8,11H,2-3H2,1H3. The Morgan fingerprint density at radius 1 is 1.38 bits per heavy atom. The van der Waals surface area contributed by atoms with Gasteiger partial charge < -0.3 is 9.47 Å². The van der Waals surface area contributed by atoms with E-state index in [9.17, 15) is 4.79 Å². The fourth-order valence-corrected chi connectivity index (χ4v) is 1.87. The Morgan fingerprint density at radius 3 is 2.50 bits per heavy atom. The Kier molecular flexibility index (Phi) is 3.68. The molecule has 0 aromatic heterocycles. The molecule has 4 heteroatoms. The normalized spacial score (nSPS) is 16.6. The zero-order valence-electron chi connectivity index (χ0n) is 8.98. The summed E-state index contributed by atoms with van der Waals surface area (Å²) in [6.07, 6.45) is 1.65. The van der Waals surface area contributed by atoms with Crippen LogP contribution in [-0.2, 0) is 9.53 Å². The first kappa shape index (κ1) is 11.7. The number of halogens is 1. The lowest BCUT2D eigenvalue weighted by Gasteiger charge is -2.16. The van der Waals surface area contributed by atoms with Crippen LogP contribution < -0.4 is 4.74 Å². The van der Waals surface area contributed by atoms with Crippen LogP contribution in [0.1, 0.15) is 12.8 Å². The number of rotatable bonds is 4. The fraction of sp³-hybridized carbons (Fsp3) is 0.417. The van der Waals surface area contributed by atoms with Crippen molar-refractivity contribution in [2.24, 2.45) is 5.92 Å². The Hall–Kier alpha value is -0.780. The van der Waals surface area contributed by atoms with Crippen LogP contribution >= 0.6 is 22.6 Å². The van der Waals surface area contributed by atoms with Crippen molar-refractivity contribution in [3.8, 4) is 5.75 Å². The van der Waals surface area contributed by atoms with Gasteiger partial charge in [-0.25, -0.2) is 4.79 Å². The van der Waals surface area contributed by atoms with E-state index in [0.29, 0.717) is 5.92 Å². The summed E-state index contributed by atoms with van der Waals surface area (Å²) in [5.74, 6) is 0.774. The zero-order chi connectivity index (χ0) is 11.5. The summed E-state index contributed by atoms with van der Waals surface area (Å²) in [5.41, 5.74) is 0. The number of hydrogen-bond acceptors (Lipinski definition) is 3. The van der Waals surface area contributed by atoms with Gasteiger partial charge >= 0.3 is 5.97 Å². The van der Waals surface area contributed by atoms with Gasteiger partial charge in [0.05, 0.1) is 7.11 Å². The maximum Gasteiger partial charge on any atom is 0.347 e. The first-order valence-corrected chi connectivity index (χ1v) is 6.28. The average molecular weight is 332 g/mol. The Labute approximate surface area is 108 Å². The molecule has 1 saturated carbocycles. The molecule has 1 aliphatic carbocycles. The van der Waals surface area contributed by atoms with Crippen LogP contribution in [0.25, 0.3) is 0 Å². The van der Waals surface area contributed by atoms with Gasteiger partial charge in [-0.05, 0) is 59.7 Å². The van der Waals surface area contributed by atoms with Gasteiger partial charge in [0.1, 0.15) is 5.75 Å². The van der Waals surface area contributed by atoms with Crippen LogP contribution in [0.3, 0.4) is 0 Å². The predicted octanol–water partition coefficient (Wildman–Crippen LogP) is 2.62. The number of ether oxygens (including phenoxy) is 2. The van der Waals surface area contributed by atoms with E-state index in [4.69, 9.17) is 9.47 Å². The van der Waals surface area contributed by atoms with Gasteiger partial charge in [0.25, 0.3) is 0 Å². The molecule has 2 rings (SSSR count). The molecule has 86 valence electrons. The topological polar surface area (TPSA) is 35.5 Å². The molecule has 0 N–H and O–H groups in total. The van der Waals surface area contributed by atoms with Crippen molar-refractivity contribution in [2.75, 3.05) is 7.11 Å². The molecule has 0 aliphatic heterocycles. The van der Waals surface area contributed by atoms with Gasteiger partial charge in [0.15, 0.2) is 6.10 Å². The van der Waals surface area contributed by atoms with Crippen molar-refractivity contribution in [3.05, 3.63) is 27.8 Å². The number of carbonyl (C=O) groups excluding carboxylic acids is 1. The minimum Gasteiger partial charge on any atom is -0.478 e. The monoisotopic (exact) mass is 332 g/mol. The summed E-state index contributed by atoms with van der Waals surface area (Å²) in [6.45, 7) is 0. The summed E-state index contributed by atoms with van der Waals surface area (Å²) in [4.78, 5) is 11.5. The number of benzene rings is 1. The van der Waals surface area contributed by atoms with E-state index in [1.165, 1.54) is 7.11 Å². The third-order valence-electron chi connectivity index (χ3n) is 2.56. The maximum absolute atomic E-state index is 11.5. The second kappa shape index (κ2) is 5.03. The lowest BCUT2D eigenvalue weighted by atomic mass is 10.2. The fourth-order valence-electron chi connectivity index (χ4n) is 1.51. The highest BCUT2D eigenvalue weighted by molar-refractivity contribution is 14.1. The third kappa shape index (κ3) is 2.87. The van der Waals surface area contributed by atoms with Crippen molar-refractivity contribution in [1.29, 1.82) is 0 Å². The zero-order valence-corrected chi connectivity index (χ0v) is 11.1. The van der Waals surface area contributed by atoms with Gasteiger partial charge in [-0.3, -0.25) is 0 Å². The summed E-state index contributed by atoms with van der Waals surface area (Å²) in [7, 11) is 1.40. The molecule has 1 aliphatic rings. The molecule has 3 nitrogen and oxygen atoms in total. The van der Waals surface area contributed by atoms with E-state index < -0.39 is 6.10 Å². The Morgan fingerprint density at radius 2 is 2.00 bits per heavy atom. The van der Waals surface area contributed by atoms with Crippen molar-refractivity contribution < 1.29 is 14.3 Å². The maximum atomic E-state index is 11.5. The summed E-state index contributed by atoms with van der Waals surface area (Å²) >= 11 is 2.23. The summed E-state index contributed by atoms with van der Waals surface area (Å²) < 4.78 is 11.6. The van der Waals surface area contributed by atoms with E-state index >= 15 is 0 Å². The molecule has 1 atom stereocenters. The van der Waals surface area contributed by atoms with Crippen LogP contribution in [0, 0.1) is 9.49 Å². The largest absolute Gasteiger partial charge is 0.478 e. The van der Waals surface area contributed by atoms with E-state index in [0.717, 1.165) is 22.2 Å².